The van der Waals surface area contributed by atoms with Gasteiger partial charge in [-0.2, -0.15) is 0 Å². The zero-order chi connectivity index (χ0) is 14.8. The van der Waals surface area contributed by atoms with E-state index in [1.54, 1.807) is 24.3 Å². The van der Waals surface area contributed by atoms with E-state index in [4.69, 9.17) is 0 Å². The number of aliphatic hydroxyl groups is 1. The first-order valence-electron chi connectivity index (χ1n) is 7.02. The van der Waals surface area contributed by atoms with Crippen molar-refractivity contribution in [3.63, 3.8) is 0 Å². The summed E-state index contributed by atoms with van der Waals surface area (Å²) >= 11 is 1.64. The molecule has 2 heterocycles. The molecular weight excluding hydrogens is 289 g/mol. The van der Waals surface area contributed by atoms with Gasteiger partial charge in [-0.15, -0.1) is 11.3 Å². The fourth-order valence-corrected chi connectivity index (χ4v) is 3.36. The summed E-state index contributed by atoms with van der Waals surface area (Å²) in [5.74, 6) is -0.309. The zero-order valence-electron chi connectivity index (χ0n) is 11.9. The van der Waals surface area contributed by atoms with Gasteiger partial charge in [-0.1, -0.05) is 0 Å². The predicted molar refractivity (Wildman–Crippen MR) is 83.6 cm³/mol. The largest absolute Gasteiger partial charge is 0.389 e. The molecule has 0 radical (unpaired) electrons. The first-order valence-corrected chi connectivity index (χ1v) is 7.90. The Bertz CT molecular complexity index is 595. The molecule has 1 saturated heterocycles. The highest BCUT2D eigenvalue weighted by Gasteiger charge is 2.22. The summed E-state index contributed by atoms with van der Waals surface area (Å²) in [6.07, 6.45) is 1.14. The number of aromatic nitrogens is 1. The van der Waals surface area contributed by atoms with Gasteiger partial charge in [-0.05, 0) is 25.1 Å². The quantitative estimate of drug-likeness (QED) is 0.946. The second-order valence-corrected chi connectivity index (χ2v) is 6.04. The number of hydrogen-bond donors (Lipinski definition) is 1. The molecule has 1 aromatic heterocycles. The van der Waals surface area contributed by atoms with Gasteiger partial charge in [-0.3, -0.25) is 0 Å². The van der Waals surface area contributed by atoms with Crippen molar-refractivity contribution in [3.8, 4) is 0 Å². The molecule has 4 nitrogen and oxygen atoms in total. The van der Waals surface area contributed by atoms with Crippen LogP contribution in [0.1, 0.15) is 18.6 Å². The van der Waals surface area contributed by atoms with E-state index in [0.717, 1.165) is 37.0 Å². The molecule has 6 heteroatoms. The molecule has 0 amide bonds. The van der Waals surface area contributed by atoms with Crippen molar-refractivity contribution in [2.24, 2.45) is 0 Å². The summed E-state index contributed by atoms with van der Waals surface area (Å²) in [5.41, 5.74) is 1.57. The Morgan fingerprint density at radius 3 is 2.57 bits per heavy atom. The average molecular weight is 307 g/mol. The van der Waals surface area contributed by atoms with E-state index in [9.17, 15) is 9.50 Å². The van der Waals surface area contributed by atoms with Crippen LogP contribution in [-0.4, -0.2) is 36.3 Å². The Morgan fingerprint density at radius 2 is 1.95 bits per heavy atom. The van der Waals surface area contributed by atoms with Crippen LogP contribution in [0.2, 0.25) is 0 Å². The molecule has 112 valence electrons. The average Bonchev–Trinajstić information content (AvgIpc) is 3.01. The maximum Gasteiger partial charge on any atom is 0.185 e. The summed E-state index contributed by atoms with van der Waals surface area (Å²) in [4.78, 5) is 8.79. The van der Waals surface area contributed by atoms with Crippen LogP contribution < -0.4 is 9.80 Å². The molecule has 0 saturated carbocycles. The van der Waals surface area contributed by atoms with Gasteiger partial charge in [0.15, 0.2) is 5.13 Å². The van der Waals surface area contributed by atoms with Crippen LogP contribution in [0.25, 0.3) is 0 Å². The highest BCUT2D eigenvalue weighted by Crippen LogP contribution is 2.29. The van der Waals surface area contributed by atoms with Crippen LogP contribution in [0.15, 0.2) is 29.8 Å². The summed E-state index contributed by atoms with van der Waals surface area (Å²) in [7, 11) is 0. The van der Waals surface area contributed by atoms with Crippen LogP contribution in [-0.2, 0) is 0 Å². The van der Waals surface area contributed by atoms with Crippen LogP contribution in [0.5, 0.6) is 0 Å². The minimum absolute atomic E-state index is 0.309. The van der Waals surface area contributed by atoms with Gasteiger partial charge in [-0.25, -0.2) is 9.37 Å². The van der Waals surface area contributed by atoms with Gasteiger partial charge in [0.1, 0.15) is 5.82 Å². The molecule has 1 N–H and O–H groups in total. The Balaban J connectivity index is 1.75. The normalized spacial score (nSPS) is 17.1. The van der Waals surface area contributed by atoms with Gasteiger partial charge < -0.3 is 14.9 Å². The molecule has 0 bridgehead atoms. The third-order valence-corrected chi connectivity index (χ3v) is 4.58. The second kappa shape index (κ2) is 5.99. The van der Waals surface area contributed by atoms with Crippen molar-refractivity contribution in [1.29, 1.82) is 0 Å². The molecule has 2 aromatic rings. The van der Waals surface area contributed by atoms with E-state index in [2.05, 4.69) is 14.8 Å². The summed E-state index contributed by atoms with van der Waals surface area (Å²) < 4.78 is 13.4. The Hall–Kier alpha value is -1.66. The number of piperazine rings is 1. The van der Waals surface area contributed by atoms with Gasteiger partial charge in [0.05, 0.1) is 6.10 Å². The van der Waals surface area contributed by atoms with E-state index in [0.29, 0.717) is 5.56 Å². The number of thiazole rings is 1. The topological polar surface area (TPSA) is 39.6 Å². The summed E-state index contributed by atoms with van der Waals surface area (Å²) in [6, 6.07) is 4.64. The van der Waals surface area contributed by atoms with E-state index >= 15 is 0 Å². The number of hydrogen-bond acceptors (Lipinski definition) is 5. The van der Waals surface area contributed by atoms with Crippen LogP contribution in [0.3, 0.4) is 0 Å². The number of halogens is 1. The lowest BCUT2D eigenvalue weighted by Gasteiger charge is -2.37. The van der Waals surface area contributed by atoms with Gasteiger partial charge in [0.25, 0.3) is 0 Å². The monoisotopic (exact) mass is 307 g/mol. The second-order valence-electron chi connectivity index (χ2n) is 5.17. The molecule has 1 aliphatic heterocycles. The van der Waals surface area contributed by atoms with Crippen LogP contribution >= 0.6 is 11.3 Å². The Labute approximate surface area is 127 Å². The maximum absolute atomic E-state index is 13.4. The number of aliphatic hydroxyl groups excluding tert-OH is 1. The van der Waals surface area contributed by atoms with Crippen LogP contribution in [0.4, 0.5) is 15.2 Å². The predicted octanol–water partition coefficient (Wildman–Crippen LogP) is 2.66. The highest BCUT2D eigenvalue weighted by molar-refractivity contribution is 7.13. The fraction of sp³-hybridized carbons (Fsp3) is 0.400. The standard InChI is InChI=1S/C15H18FN3OS/c1-11(20)13-10-12(16)2-3-14(13)18-5-7-19(8-6-18)15-17-4-9-21-15/h2-4,9-11,20H,5-8H2,1H3. The first-order chi connectivity index (χ1) is 10.1. The van der Waals surface area contributed by atoms with Crippen LogP contribution in [0, 0.1) is 5.82 Å². The lowest BCUT2D eigenvalue weighted by Crippen LogP contribution is -2.46. The summed E-state index contributed by atoms with van der Waals surface area (Å²) in [6.45, 7) is 5.11. The van der Waals surface area contributed by atoms with E-state index < -0.39 is 6.10 Å². The van der Waals surface area contributed by atoms with Crippen molar-refractivity contribution in [3.05, 3.63) is 41.2 Å². The number of nitrogens with zero attached hydrogens (tertiary/aromatic N) is 3. The van der Waals surface area contributed by atoms with E-state index in [1.807, 2.05) is 11.6 Å². The molecule has 1 aromatic carbocycles. The van der Waals surface area contributed by atoms with E-state index in [-0.39, 0.29) is 5.82 Å². The Kier molecular flexibility index (Phi) is 4.07. The number of rotatable bonds is 3. The third kappa shape index (κ3) is 3.01. The molecule has 1 aliphatic rings. The maximum atomic E-state index is 13.4. The highest BCUT2D eigenvalue weighted by atomic mass is 32.1. The minimum Gasteiger partial charge on any atom is -0.389 e. The number of anilines is 2. The van der Waals surface area contributed by atoms with Crippen molar-refractivity contribution in [2.45, 2.75) is 13.0 Å². The minimum atomic E-state index is -0.673. The van der Waals surface area contributed by atoms with Crippen molar-refractivity contribution >= 4 is 22.2 Å². The van der Waals surface area contributed by atoms with E-state index in [1.165, 1.54) is 12.1 Å². The molecule has 1 fully saturated rings. The smallest absolute Gasteiger partial charge is 0.185 e. The van der Waals surface area contributed by atoms with Crippen molar-refractivity contribution in [2.75, 3.05) is 36.0 Å². The third-order valence-electron chi connectivity index (χ3n) is 3.75. The fourth-order valence-electron chi connectivity index (χ4n) is 2.66. The first kappa shape index (κ1) is 14.3. The number of benzene rings is 1. The van der Waals surface area contributed by atoms with Gasteiger partial charge in [0.2, 0.25) is 0 Å². The molecule has 0 aliphatic carbocycles. The molecular formula is C15H18FN3OS. The van der Waals surface area contributed by atoms with Gasteiger partial charge in [0, 0.05) is 49.0 Å². The lowest BCUT2D eigenvalue weighted by molar-refractivity contribution is 0.199. The summed E-state index contributed by atoms with van der Waals surface area (Å²) in [5, 5.41) is 12.9. The molecule has 1 unspecified atom stereocenters. The lowest BCUT2D eigenvalue weighted by atomic mass is 10.1. The zero-order valence-corrected chi connectivity index (χ0v) is 12.7. The SMILES string of the molecule is CC(O)c1cc(F)ccc1N1CCN(c2nccs2)CC1. The Morgan fingerprint density at radius 1 is 1.24 bits per heavy atom. The molecule has 21 heavy (non-hydrogen) atoms. The van der Waals surface area contributed by atoms with Crippen molar-refractivity contribution in [1.82, 2.24) is 4.98 Å². The molecule has 3 rings (SSSR count). The molecule has 1 atom stereocenters. The molecule has 0 spiro atoms. The van der Waals surface area contributed by atoms with Gasteiger partial charge >= 0.3 is 0 Å². The van der Waals surface area contributed by atoms with Crippen molar-refractivity contribution < 1.29 is 9.50 Å².